The number of carbonyl (C=O) groups is 2. The van der Waals surface area contributed by atoms with Crippen LogP contribution in [0.2, 0.25) is 0 Å². The van der Waals surface area contributed by atoms with E-state index >= 15 is 0 Å². The summed E-state index contributed by atoms with van der Waals surface area (Å²) in [6.45, 7) is 2.05. The van der Waals surface area contributed by atoms with Gasteiger partial charge in [0.15, 0.2) is 0 Å². The van der Waals surface area contributed by atoms with Crippen molar-refractivity contribution in [2.75, 3.05) is 20.1 Å². The smallest absolute Gasteiger partial charge is 0.414 e. The molecule has 0 saturated carbocycles. The number of nitriles is 1. The summed E-state index contributed by atoms with van der Waals surface area (Å²) >= 11 is 0. The van der Waals surface area contributed by atoms with E-state index in [1.165, 1.54) is 5.56 Å². The lowest BCUT2D eigenvalue weighted by molar-refractivity contribution is -0.159. The summed E-state index contributed by atoms with van der Waals surface area (Å²) in [6, 6.07) is 20.1. The van der Waals surface area contributed by atoms with Crippen molar-refractivity contribution < 1.29 is 24.5 Å². The number of piperidine rings is 1. The second-order valence-corrected chi connectivity index (χ2v) is 6.47. The molecule has 1 saturated heterocycles. The van der Waals surface area contributed by atoms with Crippen molar-refractivity contribution in [3.63, 3.8) is 0 Å². The van der Waals surface area contributed by atoms with E-state index in [4.69, 9.17) is 29.8 Å². The Bertz CT molecular complexity index is 818. The lowest BCUT2D eigenvalue weighted by atomic mass is 9.88. The standard InChI is InChI=1S/C19H20N2O.C2H2O4/c1-21-12-11-19(18(14-21)16-5-3-2-4-6-16)22-17-9-7-15(13-20)8-10-17;3-1(4)2(5)6/h2-10,18-19H,11-12,14H2,1H3;(H,3,4)(H,5,6)/t18-,19+;/m1./s1. The summed E-state index contributed by atoms with van der Waals surface area (Å²) in [4.78, 5) is 20.6. The van der Waals surface area contributed by atoms with Crippen LogP contribution < -0.4 is 4.74 Å². The fourth-order valence-corrected chi connectivity index (χ4v) is 3.04. The molecule has 0 radical (unpaired) electrons. The van der Waals surface area contributed by atoms with Crippen LogP contribution in [0.15, 0.2) is 54.6 Å². The van der Waals surface area contributed by atoms with Crippen molar-refractivity contribution in [2.45, 2.75) is 18.4 Å². The Hall–Kier alpha value is -3.37. The zero-order valence-corrected chi connectivity index (χ0v) is 15.5. The van der Waals surface area contributed by atoms with Crippen molar-refractivity contribution in [3.05, 3.63) is 65.7 Å². The van der Waals surface area contributed by atoms with Crippen molar-refractivity contribution >= 4 is 11.9 Å². The van der Waals surface area contributed by atoms with Gasteiger partial charge in [0.05, 0.1) is 11.6 Å². The molecule has 2 atom stereocenters. The zero-order chi connectivity index (χ0) is 20.5. The molecule has 2 aromatic carbocycles. The quantitative estimate of drug-likeness (QED) is 0.785. The number of hydrogen-bond donors (Lipinski definition) is 2. The summed E-state index contributed by atoms with van der Waals surface area (Å²) in [5.41, 5.74) is 1.99. The third-order valence-corrected chi connectivity index (χ3v) is 4.43. The van der Waals surface area contributed by atoms with Gasteiger partial charge in [-0.15, -0.1) is 0 Å². The molecule has 1 aliphatic heterocycles. The van der Waals surface area contributed by atoms with Crippen LogP contribution in [0.5, 0.6) is 5.75 Å². The first-order valence-corrected chi connectivity index (χ1v) is 8.77. The Labute approximate surface area is 163 Å². The molecule has 0 bridgehead atoms. The molecule has 0 amide bonds. The second-order valence-electron chi connectivity index (χ2n) is 6.47. The third kappa shape index (κ3) is 6.11. The van der Waals surface area contributed by atoms with E-state index in [1.54, 1.807) is 0 Å². The topological polar surface area (TPSA) is 111 Å². The average molecular weight is 382 g/mol. The first-order chi connectivity index (χ1) is 13.4. The van der Waals surface area contributed by atoms with E-state index in [0.29, 0.717) is 11.5 Å². The maximum atomic E-state index is 9.10. The highest BCUT2D eigenvalue weighted by atomic mass is 16.5. The molecule has 1 fully saturated rings. The Morgan fingerprint density at radius 3 is 2.21 bits per heavy atom. The average Bonchev–Trinajstić information content (AvgIpc) is 2.71. The number of ether oxygens (including phenoxy) is 1. The van der Waals surface area contributed by atoms with Gasteiger partial charge in [0.1, 0.15) is 11.9 Å². The number of hydrogen-bond acceptors (Lipinski definition) is 5. The molecule has 2 N–H and O–H groups in total. The van der Waals surface area contributed by atoms with Gasteiger partial charge >= 0.3 is 11.9 Å². The van der Waals surface area contributed by atoms with Gasteiger partial charge in [-0.1, -0.05) is 30.3 Å². The maximum Gasteiger partial charge on any atom is 0.414 e. The van der Waals surface area contributed by atoms with Gasteiger partial charge in [0.2, 0.25) is 0 Å². The first-order valence-electron chi connectivity index (χ1n) is 8.77. The minimum atomic E-state index is -1.82. The monoisotopic (exact) mass is 382 g/mol. The molecule has 3 rings (SSSR count). The molecule has 0 spiro atoms. The van der Waals surface area contributed by atoms with E-state index in [-0.39, 0.29) is 6.10 Å². The van der Waals surface area contributed by atoms with Crippen LogP contribution in [0.3, 0.4) is 0 Å². The fourth-order valence-electron chi connectivity index (χ4n) is 3.04. The highest BCUT2D eigenvalue weighted by Crippen LogP contribution is 2.30. The molecule has 2 aromatic rings. The van der Waals surface area contributed by atoms with Crippen LogP contribution in [0.1, 0.15) is 23.5 Å². The van der Waals surface area contributed by atoms with Crippen LogP contribution in [0, 0.1) is 11.3 Å². The minimum Gasteiger partial charge on any atom is -0.490 e. The molecule has 28 heavy (non-hydrogen) atoms. The summed E-state index contributed by atoms with van der Waals surface area (Å²) in [6.07, 6.45) is 1.18. The molecule has 0 aromatic heterocycles. The summed E-state index contributed by atoms with van der Waals surface area (Å²) in [5, 5.41) is 23.7. The van der Waals surface area contributed by atoms with E-state index in [2.05, 4.69) is 42.3 Å². The molecule has 1 aliphatic rings. The fraction of sp³-hybridized carbons (Fsp3) is 0.286. The largest absolute Gasteiger partial charge is 0.490 e. The van der Waals surface area contributed by atoms with Gasteiger partial charge in [-0.2, -0.15) is 5.26 Å². The van der Waals surface area contributed by atoms with Gasteiger partial charge < -0.3 is 19.8 Å². The second kappa shape index (κ2) is 10.1. The van der Waals surface area contributed by atoms with Gasteiger partial charge in [-0.05, 0) is 43.3 Å². The summed E-state index contributed by atoms with van der Waals surface area (Å²) in [5.74, 6) is -2.44. The maximum absolute atomic E-state index is 9.10. The van der Waals surface area contributed by atoms with E-state index in [1.807, 2.05) is 30.3 Å². The number of benzene rings is 2. The number of rotatable bonds is 3. The zero-order valence-electron chi connectivity index (χ0n) is 15.5. The number of likely N-dealkylation sites (N-methyl/N-ethyl adjacent to an activating group) is 1. The first kappa shape index (κ1) is 20.9. The van der Waals surface area contributed by atoms with E-state index < -0.39 is 11.9 Å². The van der Waals surface area contributed by atoms with E-state index in [0.717, 1.165) is 25.3 Å². The normalized spacial score (nSPS) is 18.9. The Morgan fingerprint density at radius 2 is 1.68 bits per heavy atom. The Balaban J connectivity index is 0.000000409. The highest BCUT2D eigenvalue weighted by molar-refractivity contribution is 6.27. The molecule has 0 unspecified atom stereocenters. The van der Waals surface area contributed by atoms with E-state index in [9.17, 15) is 0 Å². The lowest BCUT2D eigenvalue weighted by Gasteiger charge is -2.37. The molecule has 1 heterocycles. The summed E-state index contributed by atoms with van der Waals surface area (Å²) < 4.78 is 6.23. The number of likely N-dealkylation sites (tertiary alicyclic amines) is 1. The van der Waals surface area contributed by atoms with Crippen LogP contribution in [0.25, 0.3) is 0 Å². The molecular weight excluding hydrogens is 360 g/mol. The SMILES string of the molecule is CN1CC[C@H](Oc2ccc(C#N)cc2)[C@@H](c2ccccc2)C1.O=C(O)C(=O)O. The molecule has 146 valence electrons. The van der Waals surface area contributed by atoms with Crippen molar-refractivity contribution in [1.82, 2.24) is 4.90 Å². The van der Waals surface area contributed by atoms with Crippen molar-refractivity contribution in [1.29, 1.82) is 5.26 Å². The predicted octanol–water partition coefficient (Wildman–Crippen LogP) is 2.58. The van der Waals surface area contributed by atoms with Gasteiger partial charge in [-0.3, -0.25) is 0 Å². The molecule has 0 aliphatic carbocycles. The number of nitrogens with zero attached hydrogens (tertiary/aromatic N) is 2. The van der Waals surface area contributed by atoms with Crippen LogP contribution in [-0.4, -0.2) is 53.3 Å². The van der Waals surface area contributed by atoms with Crippen LogP contribution >= 0.6 is 0 Å². The Morgan fingerprint density at radius 1 is 1.07 bits per heavy atom. The Kier molecular flexibility index (Phi) is 7.55. The van der Waals surface area contributed by atoms with Crippen LogP contribution in [0.4, 0.5) is 0 Å². The number of carboxylic acids is 2. The molecular formula is C21H22N2O5. The third-order valence-electron chi connectivity index (χ3n) is 4.43. The number of aliphatic carboxylic acids is 2. The van der Waals surface area contributed by atoms with Gasteiger partial charge in [-0.25, -0.2) is 9.59 Å². The van der Waals surface area contributed by atoms with Crippen molar-refractivity contribution in [2.24, 2.45) is 0 Å². The van der Waals surface area contributed by atoms with Gasteiger partial charge in [0, 0.05) is 19.0 Å². The minimum absolute atomic E-state index is 0.173. The summed E-state index contributed by atoms with van der Waals surface area (Å²) in [7, 11) is 2.16. The van der Waals surface area contributed by atoms with Crippen LogP contribution in [-0.2, 0) is 9.59 Å². The number of carboxylic acid groups (broad SMARTS) is 2. The highest BCUT2D eigenvalue weighted by Gasteiger charge is 2.30. The lowest BCUT2D eigenvalue weighted by Crippen LogP contribution is -2.42. The predicted molar refractivity (Wildman–Crippen MR) is 102 cm³/mol. The van der Waals surface area contributed by atoms with Crippen molar-refractivity contribution in [3.8, 4) is 11.8 Å². The van der Waals surface area contributed by atoms with Gasteiger partial charge in [0.25, 0.3) is 0 Å². The molecule has 7 heteroatoms. The molecule has 7 nitrogen and oxygen atoms in total.